The van der Waals surface area contributed by atoms with Crippen molar-refractivity contribution in [1.82, 2.24) is 9.62 Å². The van der Waals surface area contributed by atoms with E-state index in [-0.39, 0.29) is 23.5 Å². The summed E-state index contributed by atoms with van der Waals surface area (Å²) in [7, 11) is -3.55. The number of amides is 1. The smallest absolute Gasteiger partial charge is 0.260 e. The zero-order valence-electron chi connectivity index (χ0n) is 16.4. The summed E-state index contributed by atoms with van der Waals surface area (Å²) in [6.45, 7) is 3.29. The molecule has 1 fully saturated rings. The van der Waals surface area contributed by atoms with Gasteiger partial charge in [-0.15, -0.1) is 0 Å². The van der Waals surface area contributed by atoms with Crippen LogP contribution in [0.3, 0.4) is 0 Å². The average molecular weight is 419 g/mol. The average Bonchev–Trinajstić information content (AvgIpc) is 2.74. The zero-order chi connectivity index (χ0) is 20.7. The third kappa shape index (κ3) is 5.71. The number of rotatable bonds is 8. The van der Waals surface area contributed by atoms with Crippen LogP contribution in [-0.4, -0.2) is 51.6 Å². The maximum atomic E-state index is 12.5. The topological polar surface area (TPSA) is 84.9 Å². The molecule has 0 aliphatic carbocycles. The van der Waals surface area contributed by atoms with Crippen molar-refractivity contribution in [3.63, 3.8) is 0 Å². The fraction of sp³-hybridized carbons (Fsp3) is 0.381. The number of hydrogen-bond acceptors (Lipinski definition) is 5. The van der Waals surface area contributed by atoms with E-state index >= 15 is 0 Å². The minimum Gasteiger partial charge on any atom is -0.490 e. The van der Waals surface area contributed by atoms with Gasteiger partial charge in [0.25, 0.3) is 5.91 Å². The van der Waals surface area contributed by atoms with Crippen LogP contribution in [-0.2, 0) is 14.8 Å². The molecular weight excluding hydrogens is 392 g/mol. The number of likely N-dealkylation sites (tertiary alicyclic amines) is 1. The summed E-state index contributed by atoms with van der Waals surface area (Å²) >= 11 is 0. The van der Waals surface area contributed by atoms with Gasteiger partial charge in [0, 0.05) is 19.1 Å². The Morgan fingerprint density at radius 1 is 1.00 bits per heavy atom. The predicted molar refractivity (Wildman–Crippen MR) is 109 cm³/mol. The van der Waals surface area contributed by atoms with Crippen molar-refractivity contribution in [3.05, 3.63) is 54.6 Å². The van der Waals surface area contributed by atoms with Gasteiger partial charge in [0.15, 0.2) is 18.1 Å². The van der Waals surface area contributed by atoms with Crippen LogP contribution in [0, 0.1) is 0 Å². The molecule has 0 bridgehead atoms. The van der Waals surface area contributed by atoms with Crippen molar-refractivity contribution in [2.45, 2.75) is 30.7 Å². The van der Waals surface area contributed by atoms with Gasteiger partial charge in [-0.3, -0.25) is 4.79 Å². The van der Waals surface area contributed by atoms with E-state index in [0.717, 1.165) is 0 Å². The number of carbonyl (C=O) groups excluding carboxylic acids is 1. The van der Waals surface area contributed by atoms with Crippen LogP contribution in [0.2, 0.25) is 0 Å². The Bertz CT molecular complexity index is 910. The van der Waals surface area contributed by atoms with E-state index < -0.39 is 10.0 Å². The molecule has 156 valence electrons. The third-order valence-corrected chi connectivity index (χ3v) is 6.26. The highest BCUT2D eigenvalue weighted by molar-refractivity contribution is 7.89. The van der Waals surface area contributed by atoms with Crippen molar-refractivity contribution in [2.75, 3.05) is 26.3 Å². The fourth-order valence-corrected chi connectivity index (χ4v) is 4.53. The standard InChI is InChI=1S/C21H26N2O5S/c1-2-27-19-10-6-7-11-20(19)28-16-21(24)23-14-12-17(13-15-23)22-29(25,26)18-8-4-3-5-9-18/h3-11,17,22H,2,12-16H2,1H3. The maximum Gasteiger partial charge on any atom is 0.260 e. The molecule has 1 aliphatic heterocycles. The predicted octanol–water partition coefficient (Wildman–Crippen LogP) is 2.43. The Kier molecular flexibility index (Phi) is 7.11. The van der Waals surface area contributed by atoms with Crippen molar-refractivity contribution in [1.29, 1.82) is 0 Å². The minimum atomic E-state index is -3.55. The van der Waals surface area contributed by atoms with Gasteiger partial charge in [-0.1, -0.05) is 30.3 Å². The van der Waals surface area contributed by atoms with Crippen LogP contribution in [0.4, 0.5) is 0 Å². The lowest BCUT2D eigenvalue weighted by atomic mass is 10.1. The third-order valence-electron chi connectivity index (χ3n) is 4.72. The summed E-state index contributed by atoms with van der Waals surface area (Å²) in [5, 5.41) is 0. The number of nitrogens with one attached hydrogen (secondary N) is 1. The molecule has 3 rings (SSSR count). The molecule has 7 nitrogen and oxygen atoms in total. The largest absolute Gasteiger partial charge is 0.490 e. The monoisotopic (exact) mass is 418 g/mol. The first-order valence-electron chi connectivity index (χ1n) is 9.69. The molecule has 2 aromatic rings. The van der Waals surface area contributed by atoms with Crippen LogP contribution >= 0.6 is 0 Å². The molecule has 0 radical (unpaired) electrons. The first-order chi connectivity index (χ1) is 14.0. The number of carbonyl (C=O) groups is 1. The number of piperidine rings is 1. The normalized spacial score (nSPS) is 15.1. The molecule has 0 aromatic heterocycles. The molecular formula is C21H26N2O5S. The summed E-state index contributed by atoms with van der Waals surface area (Å²) in [4.78, 5) is 14.4. The first kappa shape index (κ1) is 21.1. The van der Waals surface area contributed by atoms with Gasteiger partial charge in [0.05, 0.1) is 11.5 Å². The van der Waals surface area contributed by atoms with E-state index in [4.69, 9.17) is 9.47 Å². The number of ether oxygens (including phenoxy) is 2. The van der Waals surface area contributed by atoms with E-state index in [9.17, 15) is 13.2 Å². The highest BCUT2D eigenvalue weighted by Crippen LogP contribution is 2.26. The quantitative estimate of drug-likeness (QED) is 0.712. The molecule has 1 aliphatic rings. The van der Waals surface area contributed by atoms with Gasteiger partial charge in [0.1, 0.15) is 0 Å². The second-order valence-electron chi connectivity index (χ2n) is 6.76. The van der Waals surface area contributed by atoms with E-state index in [1.54, 1.807) is 47.4 Å². The molecule has 29 heavy (non-hydrogen) atoms. The lowest BCUT2D eigenvalue weighted by molar-refractivity contribution is -0.134. The summed E-state index contributed by atoms with van der Waals surface area (Å²) < 4.78 is 38.7. The molecule has 0 atom stereocenters. The zero-order valence-corrected chi connectivity index (χ0v) is 17.2. The number of benzene rings is 2. The molecule has 0 spiro atoms. The van der Waals surface area contributed by atoms with Crippen molar-refractivity contribution >= 4 is 15.9 Å². The molecule has 1 heterocycles. The Hall–Kier alpha value is -2.58. The van der Waals surface area contributed by atoms with E-state index in [2.05, 4.69) is 4.72 Å². The number of hydrogen-bond donors (Lipinski definition) is 1. The molecule has 2 aromatic carbocycles. The summed E-state index contributed by atoms with van der Waals surface area (Å²) in [5.74, 6) is 1.02. The van der Waals surface area contributed by atoms with Crippen LogP contribution in [0.1, 0.15) is 19.8 Å². The Balaban J connectivity index is 1.49. The minimum absolute atomic E-state index is 0.0789. The van der Waals surface area contributed by atoms with Gasteiger partial charge in [-0.05, 0) is 44.0 Å². The summed E-state index contributed by atoms with van der Waals surface area (Å²) in [5.41, 5.74) is 0. The Labute approximate surface area is 171 Å². The van der Waals surface area contributed by atoms with Crippen LogP contribution in [0.15, 0.2) is 59.5 Å². The molecule has 1 N–H and O–H groups in total. The molecule has 1 amide bonds. The number of nitrogens with zero attached hydrogens (tertiary/aromatic N) is 1. The molecule has 1 saturated heterocycles. The van der Waals surface area contributed by atoms with Crippen molar-refractivity contribution in [2.24, 2.45) is 0 Å². The van der Waals surface area contributed by atoms with Crippen LogP contribution in [0.5, 0.6) is 11.5 Å². The molecule has 8 heteroatoms. The SMILES string of the molecule is CCOc1ccccc1OCC(=O)N1CCC(NS(=O)(=O)c2ccccc2)CC1. The van der Waals surface area contributed by atoms with Gasteiger partial charge in [-0.25, -0.2) is 13.1 Å². The highest BCUT2D eigenvalue weighted by atomic mass is 32.2. The first-order valence-corrected chi connectivity index (χ1v) is 11.2. The van der Waals surface area contributed by atoms with Crippen LogP contribution in [0.25, 0.3) is 0 Å². The summed E-state index contributed by atoms with van der Waals surface area (Å²) in [6, 6.07) is 15.3. The van der Waals surface area contributed by atoms with Crippen molar-refractivity contribution in [3.8, 4) is 11.5 Å². The second-order valence-corrected chi connectivity index (χ2v) is 8.47. The summed E-state index contributed by atoms with van der Waals surface area (Å²) in [6.07, 6.45) is 1.13. The lowest BCUT2D eigenvalue weighted by Gasteiger charge is -2.32. The Morgan fingerprint density at radius 2 is 1.59 bits per heavy atom. The van der Waals surface area contributed by atoms with E-state index in [1.165, 1.54) is 0 Å². The van der Waals surface area contributed by atoms with Gasteiger partial charge >= 0.3 is 0 Å². The van der Waals surface area contributed by atoms with E-state index in [0.29, 0.717) is 44.0 Å². The number of para-hydroxylation sites is 2. The second kappa shape index (κ2) is 9.76. The van der Waals surface area contributed by atoms with E-state index in [1.807, 2.05) is 19.1 Å². The lowest BCUT2D eigenvalue weighted by Crippen LogP contribution is -2.47. The maximum absolute atomic E-state index is 12.5. The van der Waals surface area contributed by atoms with Gasteiger partial charge in [0.2, 0.25) is 10.0 Å². The van der Waals surface area contributed by atoms with Crippen LogP contribution < -0.4 is 14.2 Å². The molecule has 0 saturated carbocycles. The fourth-order valence-electron chi connectivity index (χ4n) is 3.21. The van der Waals surface area contributed by atoms with Gasteiger partial charge < -0.3 is 14.4 Å². The van der Waals surface area contributed by atoms with Crippen molar-refractivity contribution < 1.29 is 22.7 Å². The Morgan fingerprint density at radius 3 is 2.21 bits per heavy atom. The number of sulfonamides is 1. The molecule has 0 unspecified atom stereocenters. The van der Waals surface area contributed by atoms with Gasteiger partial charge in [-0.2, -0.15) is 0 Å². The highest BCUT2D eigenvalue weighted by Gasteiger charge is 2.27.